The van der Waals surface area contributed by atoms with Gasteiger partial charge >= 0.3 is 5.97 Å². The van der Waals surface area contributed by atoms with Crippen LogP contribution in [0, 0.1) is 25.2 Å². The minimum Gasteiger partial charge on any atom is -0.457 e. The normalized spacial score (nSPS) is 18.3. The molecule has 1 aromatic carbocycles. The van der Waals surface area contributed by atoms with Crippen molar-refractivity contribution < 1.29 is 9.53 Å². The Hall–Kier alpha value is -3.54. The van der Waals surface area contributed by atoms with Crippen molar-refractivity contribution in [2.75, 3.05) is 19.6 Å². The Kier molecular flexibility index (Phi) is 5.21. The quantitative estimate of drug-likeness (QED) is 0.638. The van der Waals surface area contributed by atoms with E-state index in [9.17, 15) is 4.79 Å². The summed E-state index contributed by atoms with van der Waals surface area (Å²) < 4.78 is 6.96. The molecule has 0 amide bonds. The van der Waals surface area contributed by atoms with Gasteiger partial charge in [0.1, 0.15) is 12.7 Å². The summed E-state index contributed by atoms with van der Waals surface area (Å²) in [5, 5.41) is 17.2. The molecule has 1 saturated heterocycles. The Balaban J connectivity index is 1.30. The molecule has 0 spiro atoms. The number of nitrogens with zero attached hydrogens (tertiary/aromatic N) is 5. The highest BCUT2D eigenvalue weighted by molar-refractivity contribution is 5.94. The summed E-state index contributed by atoms with van der Waals surface area (Å²) in [6.45, 7) is 7.84. The number of carbonyl (C=O) groups excluding carboxylic acids is 1. The maximum absolute atomic E-state index is 11.8. The maximum atomic E-state index is 11.8. The monoisotopic (exact) mass is 428 g/mol. The predicted molar refractivity (Wildman–Crippen MR) is 117 cm³/mol. The van der Waals surface area contributed by atoms with Crippen molar-refractivity contribution in [3.05, 3.63) is 75.7 Å². The number of benzene rings is 1. The van der Waals surface area contributed by atoms with E-state index < -0.39 is 0 Å². The number of carbonyl (C=O) groups is 1. The van der Waals surface area contributed by atoms with E-state index in [1.54, 1.807) is 10.9 Å². The number of nitrogens with one attached hydrogen (secondary N) is 1. The summed E-state index contributed by atoms with van der Waals surface area (Å²) in [5.74, 6) is 0.480. The van der Waals surface area contributed by atoms with Crippen molar-refractivity contribution in [2.24, 2.45) is 0 Å². The van der Waals surface area contributed by atoms with Crippen LogP contribution in [0.5, 0.6) is 0 Å². The second kappa shape index (κ2) is 8.19. The third kappa shape index (κ3) is 3.66. The van der Waals surface area contributed by atoms with Gasteiger partial charge in [0.2, 0.25) is 0 Å². The number of fused-ring (bicyclic) bond motifs is 1. The fourth-order valence-corrected chi connectivity index (χ4v) is 4.52. The number of aromatic nitrogens is 3. The molecule has 0 bridgehead atoms. The van der Waals surface area contributed by atoms with Crippen LogP contribution in [0.2, 0.25) is 0 Å². The molecule has 162 valence electrons. The standard InChI is InChI=1S/C24H24N6O2/c1-15-7-23(27-10-18(15)8-25)30-12-17(9-28-30)11-29-6-5-26-22(13-29)19-3-4-20-21(16(19)2)14-32-24(20)31/h3-4,7,9-10,12,22,26H,5-6,11,13-14H2,1-2H3/t22-/m1/s1. The Morgan fingerprint density at radius 2 is 2.19 bits per heavy atom. The van der Waals surface area contributed by atoms with Gasteiger partial charge in [-0.3, -0.25) is 4.90 Å². The highest BCUT2D eigenvalue weighted by atomic mass is 16.5. The van der Waals surface area contributed by atoms with Gasteiger partial charge in [0.15, 0.2) is 5.82 Å². The lowest BCUT2D eigenvalue weighted by Crippen LogP contribution is -2.45. The van der Waals surface area contributed by atoms with E-state index in [0.717, 1.165) is 48.4 Å². The molecule has 8 heteroatoms. The lowest BCUT2D eigenvalue weighted by atomic mass is 9.93. The third-order valence-electron chi connectivity index (χ3n) is 6.34. The zero-order valence-electron chi connectivity index (χ0n) is 18.1. The number of rotatable bonds is 4. The van der Waals surface area contributed by atoms with Crippen LogP contribution in [-0.2, 0) is 17.9 Å². The zero-order chi connectivity index (χ0) is 22.2. The average molecular weight is 428 g/mol. The number of piperazine rings is 1. The topological polar surface area (TPSA) is 96.1 Å². The van der Waals surface area contributed by atoms with Crippen LogP contribution in [0.25, 0.3) is 5.82 Å². The Labute approximate surface area is 186 Å². The maximum Gasteiger partial charge on any atom is 0.338 e. The second-order valence-electron chi connectivity index (χ2n) is 8.39. The molecule has 8 nitrogen and oxygen atoms in total. The molecule has 0 saturated carbocycles. The molecule has 3 aromatic rings. The summed E-state index contributed by atoms with van der Waals surface area (Å²) in [4.78, 5) is 18.6. The molecule has 4 heterocycles. The van der Waals surface area contributed by atoms with E-state index in [1.165, 1.54) is 5.56 Å². The first-order valence-corrected chi connectivity index (χ1v) is 10.7. The van der Waals surface area contributed by atoms with E-state index in [2.05, 4.69) is 39.4 Å². The largest absolute Gasteiger partial charge is 0.457 e. The minimum absolute atomic E-state index is 0.197. The van der Waals surface area contributed by atoms with Gasteiger partial charge in [-0.25, -0.2) is 14.5 Å². The predicted octanol–water partition coefficient (Wildman–Crippen LogP) is 2.57. The Morgan fingerprint density at radius 3 is 3.00 bits per heavy atom. The molecule has 2 aromatic heterocycles. The van der Waals surface area contributed by atoms with E-state index in [-0.39, 0.29) is 12.0 Å². The number of cyclic esters (lactones) is 1. The van der Waals surface area contributed by atoms with E-state index in [1.807, 2.05) is 31.5 Å². The van der Waals surface area contributed by atoms with Crippen molar-refractivity contribution in [2.45, 2.75) is 33.0 Å². The molecule has 2 aliphatic rings. The van der Waals surface area contributed by atoms with E-state index in [4.69, 9.17) is 10.00 Å². The van der Waals surface area contributed by atoms with Gasteiger partial charge in [0, 0.05) is 55.7 Å². The molecule has 0 unspecified atom stereocenters. The van der Waals surface area contributed by atoms with Gasteiger partial charge in [0.25, 0.3) is 0 Å². The number of hydrogen-bond donors (Lipinski definition) is 1. The first kappa shape index (κ1) is 20.4. The average Bonchev–Trinajstić information content (AvgIpc) is 3.41. The SMILES string of the molecule is Cc1cc(-n2cc(CN3CCN[C@@H](c4ccc5c(c4C)COC5=O)C3)cn2)ncc1C#N. The number of pyridine rings is 1. The van der Waals surface area contributed by atoms with Gasteiger partial charge < -0.3 is 10.1 Å². The van der Waals surface area contributed by atoms with E-state index >= 15 is 0 Å². The molecule has 5 rings (SSSR count). The van der Waals surface area contributed by atoms with Gasteiger partial charge in [-0.1, -0.05) is 6.07 Å². The molecule has 0 aliphatic carbocycles. The van der Waals surface area contributed by atoms with Gasteiger partial charge in [-0.15, -0.1) is 0 Å². The fraction of sp³-hybridized carbons (Fsp3) is 0.333. The van der Waals surface area contributed by atoms with Gasteiger partial charge in [0.05, 0.1) is 17.3 Å². The van der Waals surface area contributed by atoms with Gasteiger partial charge in [-0.2, -0.15) is 10.4 Å². The molecule has 32 heavy (non-hydrogen) atoms. The van der Waals surface area contributed by atoms with Crippen LogP contribution in [0.1, 0.15) is 49.8 Å². The molecule has 1 N–H and O–H groups in total. The van der Waals surface area contributed by atoms with Crippen LogP contribution in [0.15, 0.2) is 36.8 Å². The zero-order valence-corrected chi connectivity index (χ0v) is 18.1. The number of esters is 1. The third-order valence-corrected chi connectivity index (χ3v) is 6.34. The van der Waals surface area contributed by atoms with E-state index in [0.29, 0.717) is 23.6 Å². The Morgan fingerprint density at radius 1 is 1.31 bits per heavy atom. The number of hydrogen-bond acceptors (Lipinski definition) is 7. The fourth-order valence-electron chi connectivity index (χ4n) is 4.52. The molecule has 1 fully saturated rings. The highest BCUT2D eigenvalue weighted by Gasteiger charge is 2.28. The summed E-state index contributed by atoms with van der Waals surface area (Å²) in [6, 6.07) is 8.16. The van der Waals surface area contributed by atoms with Crippen LogP contribution in [0.3, 0.4) is 0 Å². The molecule has 0 radical (unpaired) electrons. The first-order valence-electron chi connectivity index (χ1n) is 10.7. The summed E-state index contributed by atoms with van der Waals surface area (Å²) in [7, 11) is 0. The van der Waals surface area contributed by atoms with Crippen molar-refractivity contribution in [1.29, 1.82) is 5.26 Å². The number of ether oxygens (including phenoxy) is 1. The van der Waals surface area contributed by atoms with Crippen LogP contribution in [0.4, 0.5) is 0 Å². The summed E-state index contributed by atoms with van der Waals surface area (Å²) in [6.07, 6.45) is 5.45. The first-order chi connectivity index (χ1) is 15.5. The van der Waals surface area contributed by atoms with Crippen molar-refractivity contribution in [3.63, 3.8) is 0 Å². The summed E-state index contributed by atoms with van der Waals surface area (Å²) >= 11 is 0. The van der Waals surface area contributed by atoms with Crippen LogP contribution in [-0.4, -0.2) is 45.3 Å². The molecular formula is C24H24N6O2. The summed E-state index contributed by atoms with van der Waals surface area (Å²) in [5.41, 5.74) is 6.64. The lowest BCUT2D eigenvalue weighted by molar-refractivity contribution is 0.0535. The van der Waals surface area contributed by atoms with Gasteiger partial charge in [-0.05, 0) is 42.7 Å². The van der Waals surface area contributed by atoms with Crippen molar-refractivity contribution >= 4 is 5.97 Å². The molecular weight excluding hydrogens is 404 g/mol. The van der Waals surface area contributed by atoms with Crippen LogP contribution < -0.4 is 5.32 Å². The number of aryl methyl sites for hydroxylation is 1. The second-order valence-corrected chi connectivity index (χ2v) is 8.39. The highest BCUT2D eigenvalue weighted by Crippen LogP contribution is 2.30. The number of nitriles is 1. The lowest BCUT2D eigenvalue weighted by Gasteiger charge is -2.34. The Bertz CT molecular complexity index is 1240. The smallest absolute Gasteiger partial charge is 0.338 e. The molecule has 1 atom stereocenters. The van der Waals surface area contributed by atoms with Crippen molar-refractivity contribution in [3.8, 4) is 11.9 Å². The molecule has 2 aliphatic heterocycles. The van der Waals surface area contributed by atoms with Crippen molar-refractivity contribution in [1.82, 2.24) is 25.0 Å². The van der Waals surface area contributed by atoms with Crippen LogP contribution >= 0.6 is 0 Å². The minimum atomic E-state index is -0.225.